The van der Waals surface area contributed by atoms with Crippen molar-refractivity contribution in [1.29, 1.82) is 0 Å². The number of amides is 1. The summed E-state index contributed by atoms with van der Waals surface area (Å²) < 4.78 is 44.0. The van der Waals surface area contributed by atoms with Crippen molar-refractivity contribution in [3.05, 3.63) is 71.3 Å². The van der Waals surface area contributed by atoms with Crippen molar-refractivity contribution >= 4 is 5.91 Å². The van der Waals surface area contributed by atoms with Gasteiger partial charge in [0.1, 0.15) is 0 Å². The minimum atomic E-state index is -4.47. The van der Waals surface area contributed by atoms with Gasteiger partial charge in [0.25, 0.3) is 5.91 Å². The molecule has 3 nitrogen and oxygen atoms in total. The lowest BCUT2D eigenvalue weighted by atomic mass is 9.74. The number of nitrogens with one attached hydrogen (secondary N) is 1. The molecule has 0 unspecified atom stereocenters. The second-order valence-electron chi connectivity index (χ2n) is 6.52. The summed E-state index contributed by atoms with van der Waals surface area (Å²) in [4.78, 5) is 12.4. The van der Waals surface area contributed by atoms with E-state index in [2.05, 4.69) is 5.32 Å². The molecule has 3 rings (SSSR count). The van der Waals surface area contributed by atoms with Crippen LogP contribution in [-0.2, 0) is 16.3 Å². The van der Waals surface area contributed by atoms with E-state index in [9.17, 15) is 18.0 Å². The fourth-order valence-electron chi connectivity index (χ4n) is 3.31. The molecule has 0 aromatic heterocycles. The third kappa shape index (κ3) is 4.07. The minimum Gasteiger partial charge on any atom is -0.381 e. The average molecular weight is 363 g/mol. The summed E-state index contributed by atoms with van der Waals surface area (Å²) in [6.45, 7) is 1.54. The molecule has 0 atom stereocenters. The first kappa shape index (κ1) is 18.5. The van der Waals surface area contributed by atoms with Crippen molar-refractivity contribution in [2.75, 3.05) is 19.8 Å². The van der Waals surface area contributed by atoms with Crippen LogP contribution in [-0.4, -0.2) is 25.7 Å². The monoisotopic (exact) mass is 363 g/mol. The second-order valence-corrected chi connectivity index (χ2v) is 6.52. The van der Waals surface area contributed by atoms with Gasteiger partial charge in [-0.05, 0) is 36.6 Å². The predicted octanol–water partition coefficient (Wildman–Crippen LogP) is 4.18. The van der Waals surface area contributed by atoms with Crippen LogP contribution in [0.15, 0.2) is 54.6 Å². The third-order valence-electron chi connectivity index (χ3n) is 4.88. The second kappa shape index (κ2) is 7.50. The van der Waals surface area contributed by atoms with Crippen molar-refractivity contribution in [2.45, 2.75) is 24.4 Å². The molecule has 2 aromatic rings. The smallest absolute Gasteiger partial charge is 0.381 e. The van der Waals surface area contributed by atoms with E-state index in [0.29, 0.717) is 19.8 Å². The topological polar surface area (TPSA) is 38.3 Å². The van der Waals surface area contributed by atoms with Gasteiger partial charge in [0.05, 0.1) is 5.56 Å². The van der Waals surface area contributed by atoms with Crippen molar-refractivity contribution in [3.8, 4) is 0 Å². The standard InChI is InChI=1S/C20H20F3NO2/c21-20(22,23)17-8-4-5-15(13-17)18(25)24-14-19(9-11-26-12-10-19)16-6-2-1-3-7-16/h1-8,13H,9-12,14H2,(H,24,25). The molecule has 1 aliphatic heterocycles. The fraction of sp³-hybridized carbons (Fsp3) is 0.350. The van der Waals surface area contributed by atoms with E-state index < -0.39 is 17.6 Å². The first-order chi connectivity index (χ1) is 12.4. The maximum absolute atomic E-state index is 12.8. The summed E-state index contributed by atoms with van der Waals surface area (Å²) in [6, 6.07) is 14.3. The van der Waals surface area contributed by atoms with Crippen molar-refractivity contribution in [2.24, 2.45) is 0 Å². The summed E-state index contributed by atoms with van der Waals surface area (Å²) in [5, 5.41) is 2.82. The molecule has 0 bridgehead atoms. The summed E-state index contributed by atoms with van der Waals surface area (Å²) in [5.74, 6) is -0.502. The van der Waals surface area contributed by atoms with Crippen LogP contribution in [0.4, 0.5) is 13.2 Å². The number of benzene rings is 2. The summed E-state index contributed by atoms with van der Waals surface area (Å²) in [5.41, 5.74) is 0.0216. The molecule has 0 radical (unpaired) electrons. The normalized spacial score (nSPS) is 16.9. The molecule has 1 saturated heterocycles. The number of hydrogen-bond donors (Lipinski definition) is 1. The van der Waals surface area contributed by atoms with Gasteiger partial charge in [0.15, 0.2) is 0 Å². The van der Waals surface area contributed by atoms with E-state index in [1.54, 1.807) is 0 Å². The Kier molecular flexibility index (Phi) is 5.32. The fourth-order valence-corrected chi connectivity index (χ4v) is 3.31. The quantitative estimate of drug-likeness (QED) is 0.885. The lowest BCUT2D eigenvalue weighted by Gasteiger charge is -2.38. The van der Waals surface area contributed by atoms with E-state index >= 15 is 0 Å². The van der Waals surface area contributed by atoms with E-state index in [0.717, 1.165) is 30.5 Å². The lowest BCUT2D eigenvalue weighted by Crippen LogP contribution is -2.44. The minimum absolute atomic E-state index is 0.00935. The Hall–Kier alpha value is -2.34. The molecule has 0 spiro atoms. The van der Waals surface area contributed by atoms with Crippen LogP contribution in [0.3, 0.4) is 0 Å². The Labute approximate surface area is 150 Å². The molecular formula is C20H20F3NO2. The Morgan fingerprint density at radius 2 is 1.73 bits per heavy atom. The summed E-state index contributed by atoms with van der Waals surface area (Å²) in [6.07, 6.45) is -2.97. The van der Waals surface area contributed by atoms with E-state index in [1.807, 2.05) is 30.3 Å². The van der Waals surface area contributed by atoms with Crippen molar-refractivity contribution in [1.82, 2.24) is 5.32 Å². The number of ether oxygens (including phenoxy) is 1. The van der Waals surface area contributed by atoms with E-state index in [1.165, 1.54) is 12.1 Å². The van der Waals surface area contributed by atoms with Gasteiger partial charge in [0, 0.05) is 30.7 Å². The van der Waals surface area contributed by atoms with Gasteiger partial charge >= 0.3 is 6.18 Å². The van der Waals surface area contributed by atoms with Crippen molar-refractivity contribution in [3.63, 3.8) is 0 Å². The molecule has 26 heavy (non-hydrogen) atoms. The van der Waals surface area contributed by atoms with Gasteiger partial charge in [-0.3, -0.25) is 4.79 Å². The van der Waals surface area contributed by atoms with Gasteiger partial charge in [-0.25, -0.2) is 0 Å². The Bertz CT molecular complexity index is 753. The third-order valence-corrected chi connectivity index (χ3v) is 4.88. The Morgan fingerprint density at radius 1 is 1.04 bits per heavy atom. The zero-order chi connectivity index (χ0) is 18.6. The van der Waals surface area contributed by atoms with E-state index in [-0.39, 0.29) is 11.0 Å². The highest BCUT2D eigenvalue weighted by molar-refractivity contribution is 5.94. The van der Waals surface area contributed by atoms with Gasteiger partial charge in [-0.15, -0.1) is 0 Å². The number of alkyl halides is 3. The summed E-state index contributed by atoms with van der Waals surface area (Å²) >= 11 is 0. The first-order valence-corrected chi connectivity index (χ1v) is 8.49. The Balaban J connectivity index is 1.76. The molecule has 1 amide bonds. The van der Waals surface area contributed by atoms with Gasteiger partial charge in [-0.1, -0.05) is 36.4 Å². The molecule has 0 aliphatic carbocycles. The Morgan fingerprint density at radius 3 is 2.38 bits per heavy atom. The van der Waals surface area contributed by atoms with Gasteiger partial charge in [-0.2, -0.15) is 13.2 Å². The van der Waals surface area contributed by atoms with E-state index in [4.69, 9.17) is 4.74 Å². The molecule has 1 fully saturated rings. The highest BCUT2D eigenvalue weighted by atomic mass is 19.4. The molecule has 1 heterocycles. The number of carbonyl (C=O) groups excluding carboxylic acids is 1. The highest BCUT2D eigenvalue weighted by Gasteiger charge is 2.35. The number of rotatable bonds is 4. The lowest BCUT2D eigenvalue weighted by molar-refractivity contribution is -0.137. The van der Waals surface area contributed by atoms with Crippen molar-refractivity contribution < 1.29 is 22.7 Å². The van der Waals surface area contributed by atoms with Gasteiger partial charge in [0.2, 0.25) is 0 Å². The maximum Gasteiger partial charge on any atom is 0.416 e. The maximum atomic E-state index is 12.8. The molecule has 0 saturated carbocycles. The highest BCUT2D eigenvalue weighted by Crippen LogP contribution is 2.34. The molecular weight excluding hydrogens is 343 g/mol. The zero-order valence-corrected chi connectivity index (χ0v) is 14.2. The SMILES string of the molecule is O=C(NCC1(c2ccccc2)CCOCC1)c1cccc(C(F)(F)F)c1. The molecule has 138 valence electrons. The first-order valence-electron chi connectivity index (χ1n) is 8.49. The summed E-state index contributed by atoms with van der Waals surface area (Å²) in [7, 11) is 0. The van der Waals surface area contributed by atoms with Crippen LogP contribution in [0, 0.1) is 0 Å². The van der Waals surface area contributed by atoms with Crippen LogP contribution >= 0.6 is 0 Å². The van der Waals surface area contributed by atoms with Crippen LogP contribution in [0.1, 0.15) is 34.3 Å². The van der Waals surface area contributed by atoms with Crippen LogP contribution in [0.5, 0.6) is 0 Å². The molecule has 6 heteroatoms. The van der Waals surface area contributed by atoms with Crippen LogP contribution in [0.25, 0.3) is 0 Å². The molecule has 1 aliphatic rings. The molecule has 2 aromatic carbocycles. The van der Waals surface area contributed by atoms with Crippen LogP contribution in [0.2, 0.25) is 0 Å². The molecule has 1 N–H and O–H groups in total. The zero-order valence-electron chi connectivity index (χ0n) is 14.2. The number of hydrogen-bond acceptors (Lipinski definition) is 2. The predicted molar refractivity (Wildman–Crippen MR) is 92.0 cm³/mol. The number of halogens is 3. The number of carbonyl (C=O) groups is 1. The largest absolute Gasteiger partial charge is 0.416 e. The van der Waals surface area contributed by atoms with Crippen LogP contribution < -0.4 is 5.32 Å². The van der Waals surface area contributed by atoms with Gasteiger partial charge < -0.3 is 10.1 Å². The average Bonchev–Trinajstić information content (AvgIpc) is 2.67.